The lowest BCUT2D eigenvalue weighted by Crippen LogP contribution is -2.37. The highest BCUT2D eigenvalue weighted by Gasteiger charge is 2.25. The van der Waals surface area contributed by atoms with Crippen LogP contribution in [-0.2, 0) is 4.74 Å². The van der Waals surface area contributed by atoms with E-state index in [-0.39, 0.29) is 6.04 Å². The van der Waals surface area contributed by atoms with E-state index < -0.39 is 6.09 Å². The second-order valence-electron chi connectivity index (χ2n) is 4.21. The van der Waals surface area contributed by atoms with Crippen molar-refractivity contribution in [1.82, 2.24) is 15.3 Å². The van der Waals surface area contributed by atoms with Gasteiger partial charge in [0.15, 0.2) is 5.16 Å². The number of carbonyl (C=O) groups excluding carboxylic acids is 1. The van der Waals surface area contributed by atoms with Crippen LogP contribution in [0.5, 0.6) is 0 Å². The Morgan fingerprint density at radius 1 is 1.63 bits per heavy atom. The molecule has 1 atom stereocenters. The van der Waals surface area contributed by atoms with E-state index in [9.17, 15) is 4.79 Å². The molecule has 1 saturated heterocycles. The van der Waals surface area contributed by atoms with Crippen LogP contribution in [-0.4, -0.2) is 48.6 Å². The van der Waals surface area contributed by atoms with Crippen LogP contribution < -0.4 is 16.0 Å². The third-order valence-electron chi connectivity index (χ3n) is 2.91. The summed E-state index contributed by atoms with van der Waals surface area (Å²) in [5, 5.41) is 3.44. The SMILES string of the molecule is COC(=O)NC1CCN(c2cc(N)nc(SC)n2)C1. The zero-order chi connectivity index (χ0) is 13.8. The van der Waals surface area contributed by atoms with Crippen LogP contribution in [0.15, 0.2) is 11.2 Å². The highest BCUT2D eigenvalue weighted by molar-refractivity contribution is 7.98. The molecule has 1 aliphatic rings. The molecule has 0 aromatic carbocycles. The summed E-state index contributed by atoms with van der Waals surface area (Å²) in [6.07, 6.45) is 2.36. The summed E-state index contributed by atoms with van der Waals surface area (Å²) in [7, 11) is 1.36. The predicted octanol–water partition coefficient (Wildman–Crippen LogP) is 0.715. The molecule has 0 saturated carbocycles. The van der Waals surface area contributed by atoms with E-state index in [1.807, 2.05) is 6.26 Å². The third kappa shape index (κ3) is 3.40. The summed E-state index contributed by atoms with van der Waals surface area (Å²) in [5.74, 6) is 1.25. The molecule has 2 rings (SSSR count). The van der Waals surface area contributed by atoms with Gasteiger partial charge in [-0.05, 0) is 12.7 Å². The molecule has 8 heteroatoms. The van der Waals surface area contributed by atoms with Crippen LogP contribution in [0, 0.1) is 0 Å². The van der Waals surface area contributed by atoms with Crippen molar-refractivity contribution >= 4 is 29.5 Å². The van der Waals surface area contributed by atoms with E-state index in [1.165, 1.54) is 18.9 Å². The minimum Gasteiger partial charge on any atom is -0.453 e. The molecule has 1 aromatic heterocycles. The Hall–Kier alpha value is -1.70. The van der Waals surface area contributed by atoms with E-state index in [0.717, 1.165) is 18.8 Å². The molecular formula is C11H17N5O2S. The minimum atomic E-state index is -0.404. The van der Waals surface area contributed by atoms with E-state index in [1.54, 1.807) is 6.07 Å². The molecule has 0 spiro atoms. The van der Waals surface area contributed by atoms with Crippen molar-refractivity contribution in [3.05, 3.63) is 6.07 Å². The number of rotatable bonds is 3. The number of carbonyl (C=O) groups is 1. The number of thioether (sulfide) groups is 1. The maximum atomic E-state index is 11.2. The molecule has 19 heavy (non-hydrogen) atoms. The van der Waals surface area contributed by atoms with Gasteiger partial charge in [-0.25, -0.2) is 14.8 Å². The van der Waals surface area contributed by atoms with Gasteiger partial charge in [0, 0.05) is 19.2 Å². The van der Waals surface area contributed by atoms with E-state index >= 15 is 0 Å². The van der Waals surface area contributed by atoms with Gasteiger partial charge < -0.3 is 20.7 Å². The number of anilines is 2. The van der Waals surface area contributed by atoms with Gasteiger partial charge in [-0.1, -0.05) is 11.8 Å². The first kappa shape index (κ1) is 13.7. The molecular weight excluding hydrogens is 266 g/mol. The van der Waals surface area contributed by atoms with Crippen LogP contribution >= 0.6 is 11.8 Å². The number of amides is 1. The van der Waals surface area contributed by atoms with Crippen LogP contribution in [0.3, 0.4) is 0 Å². The smallest absolute Gasteiger partial charge is 0.407 e. The van der Waals surface area contributed by atoms with Crippen molar-refractivity contribution in [2.45, 2.75) is 17.6 Å². The fourth-order valence-corrected chi connectivity index (χ4v) is 2.38. The van der Waals surface area contributed by atoms with Crippen LogP contribution in [0.4, 0.5) is 16.4 Å². The van der Waals surface area contributed by atoms with Crippen molar-refractivity contribution in [1.29, 1.82) is 0 Å². The predicted molar refractivity (Wildman–Crippen MR) is 74.4 cm³/mol. The number of methoxy groups -OCH3 is 1. The van der Waals surface area contributed by atoms with Gasteiger partial charge in [0.05, 0.1) is 13.2 Å². The number of aromatic nitrogens is 2. The maximum Gasteiger partial charge on any atom is 0.407 e. The minimum absolute atomic E-state index is 0.0707. The lowest BCUT2D eigenvalue weighted by atomic mass is 10.3. The van der Waals surface area contributed by atoms with E-state index in [2.05, 4.69) is 24.9 Å². The Bertz CT molecular complexity index is 470. The van der Waals surface area contributed by atoms with Crippen molar-refractivity contribution in [3.8, 4) is 0 Å². The van der Waals surface area contributed by atoms with E-state index in [4.69, 9.17) is 5.73 Å². The quantitative estimate of drug-likeness (QED) is 0.623. The topological polar surface area (TPSA) is 93.4 Å². The molecule has 0 aliphatic carbocycles. The zero-order valence-corrected chi connectivity index (χ0v) is 11.7. The highest BCUT2D eigenvalue weighted by atomic mass is 32.2. The van der Waals surface area contributed by atoms with Crippen molar-refractivity contribution in [2.24, 2.45) is 0 Å². The average molecular weight is 283 g/mol. The first-order valence-electron chi connectivity index (χ1n) is 5.90. The number of nitrogen functional groups attached to an aromatic ring is 1. The molecule has 3 N–H and O–H groups in total. The van der Waals surface area contributed by atoms with Gasteiger partial charge in [-0.3, -0.25) is 0 Å². The first-order valence-corrected chi connectivity index (χ1v) is 7.13. The number of nitrogens with zero attached hydrogens (tertiary/aromatic N) is 3. The van der Waals surface area contributed by atoms with Gasteiger partial charge in [0.1, 0.15) is 11.6 Å². The average Bonchev–Trinajstić information content (AvgIpc) is 2.86. The molecule has 1 aliphatic heterocycles. The van der Waals surface area contributed by atoms with Gasteiger partial charge in [0.2, 0.25) is 0 Å². The van der Waals surface area contributed by atoms with Crippen LogP contribution in [0.25, 0.3) is 0 Å². The Morgan fingerprint density at radius 2 is 2.42 bits per heavy atom. The standard InChI is InChI=1S/C11H17N5O2S/c1-18-11(17)13-7-3-4-16(6-7)9-5-8(12)14-10(15-9)19-2/h5,7H,3-4,6H2,1-2H3,(H,13,17)(H2,12,14,15). The number of hydrogen-bond donors (Lipinski definition) is 2. The monoisotopic (exact) mass is 283 g/mol. The maximum absolute atomic E-state index is 11.2. The summed E-state index contributed by atoms with van der Waals surface area (Å²) in [6.45, 7) is 1.51. The molecule has 2 heterocycles. The third-order valence-corrected chi connectivity index (χ3v) is 3.46. The second-order valence-corrected chi connectivity index (χ2v) is 4.98. The fraction of sp³-hybridized carbons (Fsp3) is 0.545. The molecule has 1 fully saturated rings. The van der Waals surface area contributed by atoms with Crippen molar-refractivity contribution < 1.29 is 9.53 Å². The Kier molecular flexibility index (Phi) is 4.31. The Balaban J connectivity index is 2.04. The van der Waals surface area contributed by atoms with E-state index in [0.29, 0.717) is 17.5 Å². The number of ether oxygens (including phenoxy) is 1. The molecule has 0 radical (unpaired) electrons. The first-order chi connectivity index (χ1) is 9.12. The fourth-order valence-electron chi connectivity index (χ4n) is 2.00. The lowest BCUT2D eigenvalue weighted by Gasteiger charge is -2.18. The normalized spacial score (nSPS) is 18.4. The van der Waals surface area contributed by atoms with Crippen LogP contribution in [0.1, 0.15) is 6.42 Å². The second kappa shape index (κ2) is 5.96. The highest BCUT2D eigenvalue weighted by Crippen LogP contribution is 2.22. The van der Waals surface area contributed by atoms with Crippen LogP contribution in [0.2, 0.25) is 0 Å². The number of alkyl carbamates (subject to hydrolysis) is 1. The zero-order valence-electron chi connectivity index (χ0n) is 10.9. The molecule has 1 unspecified atom stereocenters. The molecule has 0 bridgehead atoms. The summed E-state index contributed by atoms with van der Waals surface area (Å²) < 4.78 is 4.59. The van der Waals surface area contributed by atoms with Gasteiger partial charge in [0.25, 0.3) is 0 Å². The molecule has 1 aromatic rings. The summed E-state index contributed by atoms with van der Waals surface area (Å²) in [4.78, 5) is 21.8. The molecule has 1 amide bonds. The molecule has 104 valence electrons. The summed E-state index contributed by atoms with van der Waals surface area (Å²) >= 11 is 1.45. The lowest BCUT2D eigenvalue weighted by molar-refractivity contribution is 0.167. The van der Waals surface area contributed by atoms with Crippen molar-refractivity contribution in [2.75, 3.05) is 37.1 Å². The summed E-state index contributed by atoms with van der Waals surface area (Å²) in [6, 6.07) is 1.82. The number of nitrogens with two attached hydrogens (primary N) is 1. The summed E-state index contributed by atoms with van der Waals surface area (Å²) in [5.41, 5.74) is 5.76. The van der Waals surface area contributed by atoms with Gasteiger partial charge in [-0.2, -0.15) is 0 Å². The largest absolute Gasteiger partial charge is 0.453 e. The van der Waals surface area contributed by atoms with Gasteiger partial charge in [-0.15, -0.1) is 0 Å². The molecule has 7 nitrogen and oxygen atoms in total. The van der Waals surface area contributed by atoms with Crippen molar-refractivity contribution in [3.63, 3.8) is 0 Å². The Morgan fingerprint density at radius 3 is 3.11 bits per heavy atom. The van der Waals surface area contributed by atoms with Gasteiger partial charge >= 0.3 is 6.09 Å². The number of nitrogens with one attached hydrogen (secondary N) is 1. The number of hydrogen-bond acceptors (Lipinski definition) is 7. The Labute approximate surface area is 115 Å².